The van der Waals surface area contributed by atoms with E-state index in [-0.39, 0.29) is 29.4 Å². The Morgan fingerprint density at radius 3 is 2.50 bits per heavy atom. The Labute approximate surface area is 137 Å². The van der Waals surface area contributed by atoms with Gasteiger partial charge in [-0.3, -0.25) is 0 Å². The predicted octanol–water partition coefficient (Wildman–Crippen LogP) is 3.41. The smallest absolute Gasteiger partial charge is 0.417 e. The van der Waals surface area contributed by atoms with Crippen molar-refractivity contribution in [2.45, 2.75) is 13.1 Å². The van der Waals surface area contributed by atoms with Gasteiger partial charge >= 0.3 is 12.1 Å². The number of hydrogen-bond donors (Lipinski definition) is 0. The Morgan fingerprint density at radius 1 is 1.25 bits per heavy atom. The molecule has 1 heterocycles. The van der Waals surface area contributed by atoms with Crippen molar-refractivity contribution < 1.29 is 22.7 Å². The summed E-state index contributed by atoms with van der Waals surface area (Å²) in [6.45, 7) is 1.83. The maximum atomic E-state index is 13.2. The second-order valence-electron chi connectivity index (χ2n) is 5.09. The molecule has 0 aliphatic carbocycles. The molecule has 0 aliphatic heterocycles. The van der Waals surface area contributed by atoms with E-state index in [0.29, 0.717) is 0 Å². The zero-order chi connectivity index (χ0) is 17.9. The predicted molar refractivity (Wildman–Crippen MR) is 82.8 cm³/mol. The van der Waals surface area contributed by atoms with Crippen molar-refractivity contribution >= 4 is 11.8 Å². The van der Waals surface area contributed by atoms with E-state index < -0.39 is 17.7 Å². The molecule has 0 amide bonds. The van der Waals surface area contributed by atoms with Gasteiger partial charge in [0.15, 0.2) is 5.82 Å². The lowest BCUT2D eigenvalue weighted by molar-refractivity contribution is -0.137. The molecule has 0 spiro atoms. The number of carbonyl (C=O) groups is 1. The number of halogens is 3. The lowest BCUT2D eigenvalue weighted by Gasteiger charge is -2.17. The summed E-state index contributed by atoms with van der Waals surface area (Å²) >= 11 is 0. The molecule has 128 valence electrons. The first-order valence-corrected chi connectivity index (χ1v) is 7.13. The molecule has 2 rings (SSSR count). The number of ether oxygens (including phenoxy) is 1. The van der Waals surface area contributed by atoms with Crippen LogP contribution in [0.4, 0.5) is 19.0 Å². The lowest BCUT2D eigenvalue weighted by atomic mass is 10.1. The van der Waals surface area contributed by atoms with Gasteiger partial charge in [0.1, 0.15) is 11.4 Å². The summed E-state index contributed by atoms with van der Waals surface area (Å²) in [7, 11) is 3.26. The van der Waals surface area contributed by atoms with E-state index in [1.54, 1.807) is 21.0 Å². The van der Waals surface area contributed by atoms with Crippen molar-refractivity contribution in [2.75, 3.05) is 25.6 Å². The average molecular weight is 339 g/mol. The minimum absolute atomic E-state index is 0.0927. The third kappa shape index (κ3) is 3.64. The average Bonchev–Trinajstić information content (AvgIpc) is 2.53. The van der Waals surface area contributed by atoms with Crippen LogP contribution in [0.25, 0.3) is 11.4 Å². The van der Waals surface area contributed by atoms with Crippen LogP contribution >= 0.6 is 0 Å². The van der Waals surface area contributed by atoms with Crippen molar-refractivity contribution in [1.82, 2.24) is 9.97 Å². The van der Waals surface area contributed by atoms with Crippen LogP contribution in [0.1, 0.15) is 22.8 Å². The first-order chi connectivity index (χ1) is 11.3. The topological polar surface area (TPSA) is 55.3 Å². The largest absolute Gasteiger partial charge is 0.462 e. The van der Waals surface area contributed by atoms with Gasteiger partial charge in [-0.25, -0.2) is 14.8 Å². The van der Waals surface area contributed by atoms with Gasteiger partial charge in [-0.05, 0) is 13.0 Å². The molecule has 0 saturated carbocycles. The SMILES string of the molecule is CCOC(=O)c1cnc(-c2ccccc2C(F)(F)F)nc1N(C)C. The molecule has 0 bridgehead atoms. The van der Waals surface area contributed by atoms with Crippen LogP contribution in [-0.2, 0) is 10.9 Å². The number of alkyl halides is 3. The molecule has 0 unspecified atom stereocenters. The summed E-state index contributed by atoms with van der Waals surface area (Å²) < 4.78 is 44.4. The monoisotopic (exact) mass is 339 g/mol. The fourth-order valence-corrected chi connectivity index (χ4v) is 2.12. The first kappa shape index (κ1) is 17.7. The van der Waals surface area contributed by atoms with Gasteiger partial charge in [0.05, 0.1) is 12.2 Å². The molecule has 0 radical (unpaired) electrons. The van der Waals surface area contributed by atoms with Crippen molar-refractivity contribution in [3.8, 4) is 11.4 Å². The second kappa shape index (κ2) is 6.86. The molecule has 5 nitrogen and oxygen atoms in total. The first-order valence-electron chi connectivity index (χ1n) is 7.13. The third-order valence-corrected chi connectivity index (χ3v) is 3.16. The summed E-state index contributed by atoms with van der Waals surface area (Å²) in [5.41, 5.74) is -0.891. The van der Waals surface area contributed by atoms with Crippen molar-refractivity contribution in [2.24, 2.45) is 0 Å². The Hall–Kier alpha value is -2.64. The number of hydrogen-bond acceptors (Lipinski definition) is 5. The number of nitrogens with zero attached hydrogens (tertiary/aromatic N) is 3. The molecular weight excluding hydrogens is 323 g/mol. The number of anilines is 1. The van der Waals surface area contributed by atoms with Gasteiger partial charge in [0, 0.05) is 25.9 Å². The maximum absolute atomic E-state index is 13.2. The van der Waals surface area contributed by atoms with Gasteiger partial charge in [-0.1, -0.05) is 18.2 Å². The van der Waals surface area contributed by atoms with E-state index in [1.807, 2.05) is 0 Å². The molecule has 0 fully saturated rings. The summed E-state index contributed by atoms with van der Waals surface area (Å²) in [6.07, 6.45) is -3.35. The van der Waals surface area contributed by atoms with Crippen LogP contribution in [0.2, 0.25) is 0 Å². The molecule has 0 aliphatic rings. The van der Waals surface area contributed by atoms with Gasteiger partial charge in [-0.15, -0.1) is 0 Å². The van der Waals surface area contributed by atoms with E-state index in [0.717, 1.165) is 6.07 Å². The number of rotatable bonds is 4. The zero-order valence-corrected chi connectivity index (χ0v) is 13.4. The summed E-state index contributed by atoms with van der Waals surface area (Å²) in [6, 6.07) is 5.03. The summed E-state index contributed by atoms with van der Waals surface area (Å²) in [5, 5.41) is 0. The number of carbonyl (C=O) groups excluding carboxylic acids is 1. The molecule has 8 heteroatoms. The Morgan fingerprint density at radius 2 is 1.92 bits per heavy atom. The van der Waals surface area contributed by atoms with Crippen LogP contribution in [0.15, 0.2) is 30.5 Å². The van der Waals surface area contributed by atoms with Crippen LogP contribution in [0.5, 0.6) is 0 Å². The Kier molecular flexibility index (Phi) is 5.06. The van der Waals surface area contributed by atoms with Gasteiger partial charge in [-0.2, -0.15) is 13.2 Å². The van der Waals surface area contributed by atoms with Crippen molar-refractivity contribution in [3.63, 3.8) is 0 Å². The maximum Gasteiger partial charge on any atom is 0.417 e. The number of aromatic nitrogens is 2. The van der Waals surface area contributed by atoms with Crippen molar-refractivity contribution in [1.29, 1.82) is 0 Å². The van der Waals surface area contributed by atoms with Gasteiger partial charge in [0.2, 0.25) is 0 Å². The minimum Gasteiger partial charge on any atom is -0.462 e. The highest BCUT2D eigenvalue weighted by molar-refractivity contribution is 5.94. The zero-order valence-electron chi connectivity index (χ0n) is 13.4. The minimum atomic E-state index is -4.53. The highest BCUT2D eigenvalue weighted by Crippen LogP contribution is 2.36. The van der Waals surface area contributed by atoms with Gasteiger partial charge < -0.3 is 9.64 Å². The Bertz CT molecular complexity index is 746. The molecule has 1 aromatic heterocycles. The molecular formula is C16H16F3N3O2. The normalized spacial score (nSPS) is 11.2. The van der Waals surface area contributed by atoms with Crippen LogP contribution < -0.4 is 4.90 Å². The Balaban J connectivity index is 2.59. The van der Waals surface area contributed by atoms with Crippen molar-refractivity contribution in [3.05, 3.63) is 41.6 Å². The summed E-state index contributed by atoms with van der Waals surface area (Å²) in [5.74, 6) is -0.549. The highest BCUT2D eigenvalue weighted by Gasteiger charge is 2.34. The van der Waals surface area contributed by atoms with E-state index in [4.69, 9.17) is 4.74 Å². The number of benzene rings is 1. The molecule has 0 N–H and O–H groups in total. The molecule has 1 aromatic carbocycles. The van der Waals surface area contributed by atoms with Crippen LogP contribution in [-0.4, -0.2) is 36.6 Å². The fraction of sp³-hybridized carbons (Fsp3) is 0.312. The highest BCUT2D eigenvalue weighted by atomic mass is 19.4. The molecule has 2 aromatic rings. The second-order valence-corrected chi connectivity index (χ2v) is 5.09. The fourth-order valence-electron chi connectivity index (χ4n) is 2.12. The standard InChI is InChI=1S/C16H16F3N3O2/c1-4-24-15(23)11-9-20-13(21-14(11)22(2)3)10-7-5-6-8-12(10)16(17,18)19/h5-9H,4H2,1-3H3. The van der Waals surface area contributed by atoms with Gasteiger partial charge in [0.25, 0.3) is 0 Å². The van der Waals surface area contributed by atoms with E-state index in [9.17, 15) is 18.0 Å². The quantitative estimate of drug-likeness (QED) is 0.799. The summed E-state index contributed by atoms with van der Waals surface area (Å²) in [4.78, 5) is 21.5. The molecule has 0 atom stereocenters. The van der Waals surface area contributed by atoms with E-state index >= 15 is 0 Å². The lowest BCUT2D eigenvalue weighted by Crippen LogP contribution is -2.18. The molecule has 24 heavy (non-hydrogen) atoms. The van der Waals surface area contributed by atoms with Crippen LogP contribution in [0, 0.1) is 0 Å². The van der Waals surface area contributed by atoms with E-state index in [2.05, 4.69) is 9.97 Å². The van der Waals surface area contributed by atoms with E-state index in [1.165, 1.54) is 29.3 Å². The number of esters is 1. The third-order valence-electron chi connectivity index (χ3n) is 3.16. The molecule has 0 saturated heterocycles. The van der Waals surface area contributed by atoms with Crippen LogP contribution in [0.3, 0.4) is 0 Å².